The first-order valence-corrected chi connectivity index (χ1v) is 7.88. The number of pyridine rings is 1. The molecule has 1 aliphatic heterocycles. The van der Waals surface area contributed by atoms with Crippen LogP contribution in [0.3, 0.4) is 0 Å². The van der Waals surface area contributed by atoms with E-state index in [9.17, 15) is 13.2 Å². The fourth-order valence-electron chi connectivity index (χ4n) is 2.18. The van der Waals surface area contributed by atoms with E-state index in [1.54, 1.807) is 25.4 Å². The van der Waals surface area contributed by atoms with Gasteiger partial charge < -0.3 is 10.6 Å². The molecular formula is C12H17N3O3S. The fraction of sp³-hybridized carbons (Fsp3) is 0.500. The van der Waals surface area contributed by atoms with E-state index in [0.717, 1.165) is 0 Å². The summed E-state index contributed by atoms with van der Waals surface area (Å²) in [5.74, 6) is 0.399. The molecule has 1 fully saturated rings. The molecule has 7 heteroatoms. The van der Waals surface area contributed by atoms with Crippen molar-refractivity contribution >= 4 is 21.6 Å². The minimum Gasteiger partial charge on any atom is -0.372 e. The SMILES string of the molecule is CNc1ncccc1C(=O)NCC1CCCS1(=O)=O. The number of rotatable bonds is 4. The van der Waals surface area contributed by atoms with Gasteiger partial charge in [-0.05, 0) is 25.0 Å². The number of sulfone groups is 1. The van der Waals surface area contributed by atoms with Crippen LogP contribution in [0, 0.1) is 0 Å². The topological polar surface area (TPSA) is 88.2 Å². The molecule has 6 nitrogen and oxygen atoms in total. The van der Waals surface area contributed by atoms with Crippen LogP contribution in [0.2, 0.25) is 0 Å². The molecule has 1 aromatic rings. The molecule has 0 aromatic carbocycles. The van der Waals surface area contributed by atoms with E-state index >= 15 is 0 Å². The van der Waals surface area contributed by atoms with Crippen molar-refractivity contribution in [1.29, 1.82) is 0 Å². The summed E-state index contributed by atoms with van der Waals surface area (Å²) in [6.45, 7) is 0.166. The average Bonchev–Trinajstić information content (AvgIpc) is 2.75. The van der Waals surface area contributed by atoms with Gasteiger partial charge in [0.25, 0.3) is 5.91 Å². The second kappa shape index (κ2) is 5.56. The smallest absolute Gasteiger partial charge is 0.255 e. The number of carbonyl (C=O) groups is 1. The first kappa shape index (κ1) is 13.8. The maximum Gasteiger partial charge on any atom is 0.255 e. The lowest BCUT2D eigenvalue weighted by Gasteiger charge is -2.12. The van der Waals surface area contributed by atoms with Gasteiger partial charge in [-0.15, -0.1) is 0 Å². The van der Waals surface area contributed by atoms with Gasteiger partial charge in [0.1, 0.15) is 5.82 Å². The van der Waals surface area contributed by atoms with Crippen molar-refractivity contribution in [3.8, 4) is 0 Å². The predicted octanol–water partition coefficient (Wildman–Crippen LogP) is 0.430. The van der Waals surface area contributed by atoms with Crippen molar-refractivity contribution in [2.24, 2.45) is 0 Å². The summed E-state index contributed by atoms with van der Waals surface area (Å²) in [7, 11) is -1.35. The van der Waals surface area contributed by atoms with Gasteiger partial charge >= 0.3 is 0 Å². The van der Waals surface area contributed by atoms with E-state index in [-0.39, 0.29) is 18.2 Å². The van der Waals surface area contributed by atoms with Crippen molar-refractivity contribution in [3.05, 3.63) is 23.9 Å². The number of carbonyl (C=O) groups excluding carboxylic acids is 1. The van der Waals surface area contributed by atoms with Crippen LogP contribution in [0.5, 0.6) is 0 Å². The Balaban J connectivity index is 2.02. The molecule has 1 aromatic heterocycles. The van der Waals surface area contributed by atoms with E-state index in [0.29, 0.717) is 24.2 Å². The second-order valence-corrected chi connectivity index (χ2v) is 6.89. The van der Waals surface area contributed by atoms with E-state index in [1.807, 2.05) is 0 Å². The lowest BCUT2D eigenvalue weighted by atomic mass is 10.2. The third-order valence-corrected chi connectivity index (χ3v) is 5.52. The Kier molecular flexibility index (Phi) is 4.04. The molecule has 2 heterocycles. The van der Waals surface area contributed by atoms with Crippen molar-refractivity contribution in [2.45, 2.75) is 18.1 Å². The van der Waals surface area contributed by atoms with Gasteiger partial charge in [0.15, 0.2) is 9.84 Å². The van der Waals surface area contributed by atoms with E-state index in [1.165, 1.54) is 0 Å². The Labute approximate surface area is 112 Å². The van der Waals surface area contributed by atoms with Crippen molar-refractivity contribution < 1.29 is 13.2 Å². The second-order valence-electron chi connectivity index (χ2n) is 4.49. The van der Waals surface area contributed by atoms with Crippen molar-refractivity contribution in [1.82, 2.24) is 10.3 Å². The van der Waals surface area contributed by atoms with Crippen molar-refractivity contribution in [2.75, 3.05) is 24.7 Å². The molecule has 2 N–H and O–H groups in total. The zero-order valence-corrected chi connectivity index (χ0v) is 11.5. The van der Waals surface area contributed by atoms with Gasteiger partial charge in [-0.25, -0.2) is 13.4 Å². The number of hydrogen-bond acceptors (Lipinski definition) is 5. The lowest BCUT2D eigenvalue weighted by Crippen LogP contribution is -2.34. The van der Waals surface area contributed by atoms with Gasteiger partial charge in [0.2, 0.25) is 0 Å². The highest BCUT2D eigenvalue weighted by molar-refractivity contribution is 7.92. The number of nitrogens with one attached hydrogen (secondary N) is 2. The summed E-state index contributed by atoms with van der Waals surface area (Å²) in [5, 5.41) is 5.05. The van der Waals surface area contributed by atoms with Crippen LogP contribution in [0.1, 0.15) is 23.2 Å². The van der Waals surface area contributed by atoms with Gasteiger partial charge in [-0.1, -0.05) is 0 Å². The van der Waals surface area contributed by atoms with Crippen LogP contribution in [0.25, 0.3) is 0 Å². The van der Waals surface area contributed by atoms with Gasteiger partial charge in [0.05, 0.1) is 16.6 Å². The number of amides is 1. The molecule has 0 spiro atoms. The Morgan fingerprint density at radius 3 is 2.95 bits per heavy atom. The number of aromatic nitrogens is 1. The molecule has 1 unspecified atom stereocenters. The molecule has 2 rings (SSSR count). The summed E-state index contributed by atoms with van der Waals surface area (Å²) >= 11 is 0. The molecule has 1 aliphatic rings. The van der Waals surface area contributed by atoms with E-state index in [4.69, 9.17) is 0 Å². The van der Waals surface area contributed by atoms with E-state index < -0.39 is 15.1 Å². The summed E-state index contributed by atoms with van der Waals surface area (Å²) in [6.07, 6.45) is 2.89. The van der Waals surface area contributed by atoms with Gasteiger partial charge in [0, 0.05) is 19.8 Å². The molecule has 104 valence electrons. The average molecular weight is 283 g/mol. The van der Waals surface area contributed by atoms with Gasteiger partial charge in [-0.3, -0.25) is 4.79 Å². The lowest BCUT2D eigenvalue weighted by molar-refractivity contribution is 0.0954. The number of hydrogen-bond donors (Lipinski definition) is 2. The van der Waals surface area contributed by atoms with E-state index in [2.05, 4.69) is 15.6 Å². The largest absolute Gasteiger partial charge is 0.372 e. The van der Waals surface area contributed by atoms with Crippen LogP contribution >= 0.6 is 0 Å². The summed E-state index contributed by atoms with van der Waals surface area (Å²) in [4.78, 5) is 16.0. The Morgan fingerprint density at radius 2 is 2.32 bits per heavy atom. The van der Waals surface area contributed by atoms with Crippen LogP contribution in [-0.4, -0.2) is 43.9 Å². The maximum absolute atomic E-state index is 12.0. The normalized spacial score (nSPS) is 21.0. The van der Waals surface area contributed by atoms with Gasteiger partial charge in [-0.2, -0.15) is 0 Å². The van der Waals surface area contributed by atoms with Crippen LogP contribution in [-0.2, 0) is 9.84 Å². The summed E-state index contributed by atoms with van der Waals surface area (Å²) < 4.78 is 23.3. The summed E-state index contributed by atoms with van der Waals surface area (Å²) in [6, 6.07) is 3.32. The third-order valence-electron chi connectivity index (χ3n) is 3.24. The Hall–Kier alpha value is -1.63. The van der Waals surface area contributed by atoms with Crippen molar-refractivity contribution in [3.63, 3.8) is 0 Å². The molecule has 1 atom stereocenters. The molecule has 0 aliphatic carbocycles. The Morgan fingerprint density at radius 1 is 1.53 bits per heavy atom. The fourth-order valence-corrected chi connectivity index (χ4v) is 3.94. The molecule has 1 saturated heterocycles. The molecule has 1 amide bonds. The number of anilines is 1. The molecule has 19 heavy (non-hydrogen) atoms. The highest BCUT2D eigenvalue weighted by Gasteiger charge is 2.31. The zero-order chi connectivity index (χ0) is 13.9. The summed E-state index contributed by atoms with van der Waals surface area (Å²) in [5.41, 5.74) is 0.417. The maximum atomic E-state index is 12.0. The minimum absolute atomic E-state index is 0.166. The zero-order valence-electron chi connectivity index (χ0n) is 10.7. The highest BCUT2D eigenvalue weighted by atomic mass is 32.2. The molecule has 0 saturated carbocycles. The molecule has 0 radical (unpaired) electrons. The van der Waals surface area contributed by atoms with Crippen LogP contribution < -0.4 is 10.6 Å². The minimum atomic E-state index is -3.03. The molecular weight excluding hydrogens is 266 g/mol. The third kappa shape index (κ3) is 3.04. The Bertz CT molecular complexity index is 571. The van der Waals surface area contributed by atoms with Crippen LogP contribution in [0.4, 0.5) is 5.82 Å². The predicted molar refractivity (Wildman–Crippen MR) is 72.9 cm³/mol. The first-order chi connectivity index (χ1) is 9.04. The standard InChI is InChI=1S/C12H17N3O3S/c1-13-11-10(5-2-6-14-11)12(16)15-8-9-4-3-7-19(9,17)18/h2,5-6,9H,3-4,7-8H2,1H3,(H,13,14)(H,15,16). The highest BCUT2D eigenvalue weighted by Crippen LogP contribution is 2.19. The molecule has 0 bridgehead atoms. The first-order valence-electron chi connectivity index (χ1n) is 6.17. The van der Waals surface area contributed by atoms with Crippen LogP contribution in [0.15, 0.2) is 18.3 Å². The monoisotopic (exact) mass is 283 g/mol. The number of nitrogens with zero attached hydrogens (tertiary/aromatic N) is 1. The quantitative estimate of drug-likeness (QED) is 0.836.